The van der Waals surface area contributed by atoms with E-state index in [0.717, 1.165) is 51.0 Å². The smallest absolute Gasteiger partial charge is 0.211 e. The standard InChI is InChI=1S/C17H34N4O3S2.HI/c1-4-18-17(19-13-15-9-7-11-21(15)26(3,23)24)20-14-8-6-10-16(12-14)25(22)5-2;/h14-16H,4-13H2,1-3H3,(H2,18,19,20);1H/t14?,15-,16?,25?;/m1./s1. The van der Waals surface area contributed by atoms with Crippen molar-refractivity contribution in [2.75, 3.05) is 31.6 Å². The van der Waals surface area contributed by atoms with E-state index in [1.807, 2.05) is 13.8 Å². The van der Waals surface area contributed by atoms with E-state index >= 15 is 0 Å². The highest BCUT2D eigenvalue weighted by atomic mass is 127. The number of hydrogen-bond acceptors (Lipinski definition) is 4. The summed E-state index contributed by atoms with van der Waals surface area (Å²) in [6.07, 6.45) is 7.11. The van der Waals surface area contributed by atoms with Gasteiger partial charge in [-0.25, -0.2) is 8.42 Å². The third-order valence-corrected chi connectivity index (χ3v) is 8.25. The van der Waals surface area contributed by atoms with E-state index in [1.54, 1.807) is 4.31 Å². The van der Waals surface area contributed by atoms with Crippen molar-refractivity contribution >= 4 is 50.8 Å². The molecule has 27 heavy (non-hydrogen) atoms. The van der Waals surface area contributed by atoms with Crippen LogP contribution >= 0.6 is 24.0 Å². The van der Waals surface area contributed by atoms with Crippen LogP contribution < -0.4 is 10.6 Å². The van der Waals surface area contributed by atoms with Crippen LogP contribution in [0.3, 0.4) is 0 Å². The van der Waals surface area contributed by atoms with Crippen LogP contribution in [-0.2, 0) is 20.8 Å². The van der Waals surface area contributed by atoms with Gasteiger partial charge in [-0.15, -0.1) is 24.0 Å². The lowest BCUT2D eigenvalue weighted by Gasteiger charge is -2.30. The average Bonchev–Trinajstić information content (AvgIpc) is 3.08. The molecule has 1 saturated heterocycles. The molecule has 0 bridgehead atoms. The van der Waals surface area contributed by atoms with E-state index in [9.17, 15) is 12.6 Å². The SMILES string of the molecule is CCNC(=NC[C@H]1CCCN1S(C)(=O)=O)NC1CCCC(S(=O)CC)C1.I. The van der Waals surface area contributed by atoms with Crippen LogP contribution in [-0.4, -0.2) is 71.9 Å². The van der Waals surface area contributed by atoms with Crippen LogP contribution in [0.2, 0.25) is 0 Å². The number of guanidine groups is 1. The third-order valence-electron chi connectivity index (χ3n) is 5.18. The van der Waals surface area contributed by atoms with Gasteiger partial charge in [-0.05, 0) is 39.0 Å². The third kappa shape index (κ3) is 7.77. The fraction of sp³-hybridized carbons (Fsp3) is 0.941. The van der Waals surface area contributed by atoms with Gasteiger partial charge < -0.3 is 10.6 Å². The molecule has 160 valence electrons. The maximum absolute atomic E-state index is 12.1. The number of aliphatic imine (C=N–C) groups is 1. The van der Waals surface area contributed by atoms with E-state index in [2.05, 4.69) is 15.6 Å². The molecule has 2 rings (SSSR count). The Balaban J connectivity index is 0.00000364. The first-order valence-corrected chi connectivity index (χ1v) is 13.0. The fourth-order valence-electron chi connectivity index (χ4n) is 3.89. The van der Waals surface area contributed by atoms with Gasteiger partial charge in [-0.3, -0.25) is 9.20 Å². The molecule has 0 aromatic heterocycles. The van der Waals surface area contributed by atoms with E-state index in [4.69, 9.17) is 0 Å². The zero-order valence-electron chi connectivity index (χ0n) is 16.6. The van der Waals surface area contributed by atoms with Crippen LogP contribution in [0.5, 0.6) is 0 Å². The molecular formula is C17H35IN4O3S2. The molecule has 2 aliphatic rings. The normalized spacial score (nSPS) is 28.4. The van der Waals surface area contributed by atoms with Crippen LogP contribution in [0.25, 0.3) is 0 Å². The summed E-state index contributed by atoms with van der Waals surface area (Å²) in [7, 11) is -3.92. The molecule has 0 radical (unpaired) electrons. The van der Waals surface area contributed by atoms with Crippen molar-refractivity contribution < 1.29 is 12.6 Å². The summed E-state index contributed by atoms with van der Waals surface area (Å²) >= 11 is 0. The minimum atomic E-state index is -3.17. The van der Waals surface area contributed by atoms with E-state index in [1.165, 1.54) is 6.26 Å². The van der Waals surface area contributed by atoms with Crippen LogP contribution in [0, 0.1) is 0 Å². The van der Waals surface area contributed by atoms with Gasteiger partial charge in [0.2, 0.25) is 10.0 Å². The summed E-state index contributed by atoms with van der Waals surface area (Å²) in [5.41, 5.74) is 0. The van der Waals surface area contributed by atoms with Crippen molar-refractivity contribution in [3.05, 3.63) is 0 Å². The van der Waals surface area contributed by atoms with Crippen molar-refractivity contribution in [2.24, 2.45) is 4.99 Å². The van der Waals surface area contributed by atoms with Crippen LogP contribution in [0.15, 0.2) is 4.99 Å². The molecule has 2 N–H and O–H groups in total. The summed E-state index contributed by atoms with van der Waals surface area (Å²) < 4.78 is 37.5. The highest BCUT2D eigenvalue weighted by Gasteiger charge is 2.31. The Kier molecular flexibility index (Phi) is 11.1. The first-order valence-electron chi connectivity index (χ1n) is 9.74. The van der Waals surface area contributed by atoms with Crippen molar-refractivity contribution in [1.29, 1.82) is 0 Å². The predicted molar refractivity (Wildman–Crippen MR) is 124 cm³/mol. The summed E-state index contributed by atoms with van der Waals surface area (Å²) in [5, 5.41) is 7.01. The van der Waals surface area contributed by atoms with E-state index in [0.29, 0.717) is 18.8 Å². The van der Waals surface area contributed by atoms with Gasteiger partial charge in [-0.2, -0.15) is 4.31 Å². The Morgan fingerprint density at radius 1 is 1.22 bits per heavy atom. The molecule has 1 aliphatic carbocycles. The van der Waals surface area contributed by atoms with Gasteiger partial charge >= 0.3 is 0 Å². The summed E-state index contributed by atoms with van der Waals surface area (Å²) in [5.74, 6) is 1.45. The lowest BCUT2D eigenvalue weighted by atomic mass is 9.95. The largest absolute Gasteiger partial charge is 0.357 e. The minimum Gasteiger partial charge on any atom is -0.357 e. The van der Waals surface area contributed by atoms with Crippen LogP contribution in [0.4, 0.5) is 0 Å². The van der Waals surface area contributed by atoms with Crippen molar-refractivity contribution in [3.8, 4) is 0 Å². The van der Waals surface area contributed by atoms with Crippen molar-refractivity contribution in [2.45, 2.75) is 69.7 Å². The molecule has 1 aliphatic heterocycles. The molecule has 10 heteroatoms. The molecule has 0 aromatic rings. The van der Waals surface area contributed by atoms with Crippen LogP contribution in [0.1, 0.15) is 52.4 Å². The summed E-state index contributed by atoms with van der Waals surface area (Å²) in [6, 6.07) is 0.226. The maximum Gasteiger partial charge on any atom is 0.211 e. The molecule has 1 saturated carbocycles. The Bertz CT molecular complexity index is 615. The molecule has 2 fully saturated rings. The second-order valence-electron chi connectivity index (χ2n) is 7.19. The maximum atomic E-state index is 12.1. The lowest BCUT2D eigenvalue weighted by Crippen LogP contribution is -2.47. The lowest BCUT2D eigenvalue weighted by molar-refractivity contribution is 0.393. The molecule has 0 aromatic carbocycles. The number of nitrogens with zero attached hydrogens (tertiary/aromatic N) is 2. The number of rotatable bonds is 7. The highest BCUT2D eigenvalue weighted by Crippen LogP contribution is 2.23. The van der Waals surface area contributed by atoms with Gasteiger partial charge in [0.05, 0.1) is 12.8 Å². The molecule has 3 unspecified atom stereocenters. The number of halogens is 1. The monoisotopic (exact) mass is 534 g/mol. The number of sulfonamides is 1. The second kappa shape index (κ2) is 11.9. The molecule has 0 spiro atoms. The Morgan fingerprint density at radius 3 is 2.59 bits per heavy atom. The molecule has 4 atom stereocenters. The van der Waals surface area contributed by atoms with E-state index < -0.39 is 20.8 Å². The molecule has 1 heterocycles. The average molecular weight is 535 g/mol. The topological polar surface area (TPSA) is 90.9 Å². The first-order chi connectivity index (χ1) is 12.3. The number of nitrogens with one attached hydrogen (secondary N) is 2. The van der Waals surface area contributed by atoms with Crippen molar-refractivity contribution in [1.82, 2.24) is 14.9 Å². The second-order valence-corrected chi connectivity index (χ2v) is 11.1. The highest BCUT2D eigenvalue weighted by molar-refractivity contribution is 14.0. The van der Waals surface area contributed by atoms with Gasteiger partial charge in [0.1, 0.15) is 0 Å². The quantitative estimate of drug-likeness (QED) is 0.295. The Hall–Kier alpha value is 0.0600. The zero-order valence-corrected chi connectivity index (χ0v) is 20.6. The van der Waals surface area contributed by atoms with Gasteiger partial charge in [0.25, 0.3) is 0 Å². The van der Waals surface area contributed by atoms with Gasteiger partial charge in [-0.1, -0.05) is 13.3 Å². The summed E-state index contributed by atoms with van der Waals surface area (Å²) in [4.78, 5) is 4.66. The molecule has 7 nitrogen and oxygen atoms in total. The first kappa shape index (κ1) is 25.1. The Morgan fingerprint density at radius 2 is 1.96 bits per heavy atom. The van der Waals surface area contributed by atoms with Gasteiger partial charge in [0, 0.05) is 47.0 Å². The van der Waals surface area contributed by atoms with Gasteiger partial charge in [0.15, 0.2) is 5.96 Å². The predicted octanol–water partition coefficient (Wildman–Crippen LogP) is 1.66. The fourth-order valence-corrected chi connectivity index (χ4v) is 6.41. The molecular weight excluding hydrogens is 499 g/mol. The minimum absolute atomic E-state index is 0. The van der Waals surface area contributed by atoms with Crippen molar-refractivity contribution in [3.63, 3.8) is 0 Å². The zero-order chi connectivity index (χ0) is 19.2. The number of hydrogen-bond donors (Lipinski definition) is 2. The van der Waals surface area contributed by atoms with E-state index in [-0.39, 0.29) is 41.3 Å². The molecule has 0 amide bonds. The summed E-state index contributed by atoms with van der Waals surface area (Å²) in [6.45, 7) is 5.82. The Labute approximate surface area is 184 Å².